The van der Waals surface area contributed by atoms with Crippen molar-refractivity contribution >= 4 is 0 Å². The van der Waals surface area contributed by atoms with Gasteiger partial charge in [0.15, 0.2) is 0 Å². The quantitative estimate of drug-likeness (QED) is 0.813. The van der Waals surface area contributed by atoms with Crippen molar-refractivity contribution in [3.8, 4) is 0 Å². The molecule has 2 saturated heterocycles. The van der Waals surface area contributed by atoms with Gasteiger partial charge in [0.05, 0.1) is 6.10 Å². The van der Waals surface area contributed by atoms with Crippen molar-refractivity contribution in [2.45, 2.75) is 63.6 Å². The van der Waals surface area contributed by atoms with Crippen LogP contribution < -0.4 is 5.32 Å². The van der Waals surface area contributed by atoms with Crippen molar-refractivity contribution in [2.24, 2.45) is 0 Å². The van der Waals surface area contributed by atoms with Gasteiger partial charge in [0, 0.05) is 25.2 Å². The highest BCUT2D eigenvalue weighted by atomic mass is 16.5. The highest BCUT2D eigenvalue weighted by Crippen LogP contribution is 2.27. The molecule has 2 aliphatic rings. The molecule has 0 aromatic carbocycles. The van der Waals surface area contributed by atoms with E-state index in [0.29, 0.717) is 6.10 Å². The van der Waals surface area contributed by atoms with Gasteiger partial charge in [-0.3, -0.25) is 4.90 Å². The molecular formula is C14H28N2O. The molecule has 0 radical (unpaired) electrons. The maximum Gasteiger partial charge on any atom is 0.0587 e. The van der Waals surface area contributed by atoms with E-state index in [9.17, 15) is 0 Å². The number of rotatable bonds is 4. The predicted molar refractivity (Wildman–Crippen MR) is 71.3 cm³/mol. The minimum Gasteiger partial charge on any atom is -0.378 e. The highest BCUT2D eigenvalue weighted by molar-refractivity contribution is 4.87. The van der Waals surface area contributed by atoms with Crippen LogP contribution in [0.4, 0.5) is 0 Å². The molecule has 3 atom stereocenters. The van der Waals surface area contributed by atoms with Crippen molar-refractivity contribution < 1.29 is 4.74 Å². The molecule has 2 rings (SSSR count). The van der Waals surface area contributed by atoms with E-state index in [-0.39, 0.29) is 0 Å². The maximum atomic E-state index is 5.80. The zero-order chi connectivity index (χ0) is 12.1. The van der Waals surface area contributed by atoms with Crippen LogP contribution in [0.1, 0.15) is 45.4 Å². The second-order valence-electron chi connectivity index (χ2n) is 5.52. The smallest absolute Gasteiger partial charge is 0.0587 e. The minimum atomic E-state index is 0.505. The van der Waals surface area contributed by atoms with Crippen molar-refractivity contribution in [2.75, 3.05) is 26.7 Å². The number of nitrogens with one attached hydrogen (secondary N) is 1. The van der Waals surface area contributed by atoms with Crippen LogP contribution in [0.3, 0.4) is 0 Å². The second-order valence-corrected chi connectivity index (χ2v) is 5.52. The lowest BCUT2D eigenvalue weighted by Gasteiger charge is -2.44. The third-order valence-corrected chi connectivity index (χ3v) is 4.38. The molecule has 0 amide bonds. The van der Waals surface area contributed by atoms with Crippen LogP contribution in [0.25, 0.3) is 0 Å². The Morgan fingerprint density at radius 1 is 1.29 bits per heavy atom. The van der Waals surface area contributed by atoms with E-state index < -0.39 is 0 Å². The van der Waals surface area contributed by atoms with Crippen LogP contribution in [-0.4, -0.2) is 49.8 Å². The predicted octanol–water partition coefficient (Wildman–Crippen LogP) is 2.02. The van der Waals surface area contributed by atoms with Crippen molar-refractivity contribution in [1.29, 1.82) is 0 Å². The van der Waals surface area contributed by atoms with Gasteiger partial charge >= 0.3 is 0 Å². The van der Waals surface area contributed by atoms with Gasteiger partial charge in [-0.25, -0.2) is 0 Å². The van der Waals surface area contributed by atoms with Gasteiger partial charge in [-0.1, -0.05) is 13.3 Å². The third-order valence-electron chi connectivity index (χ3n) is 4.38. The van der Waals surface area contributed by atoms with Crippen LogP contribution in [0.15, 0.2) is 0 Å². The van der Waals surface area contributed by atoms with E-state index in [1.165, 1.54) is 45.1 Å². The fourth-order valence-electron chi connectivity index (χ4n) is 3.40. The number of hydrogen-bond donors (Lipinski definition) is 1. The Morgan fingerprint density at radius 3 is 2.94 bits per heavy atom. The van der Waals surface area contributed by atoms with Crippen molar-refractivity contribution in [3.05, 3.63) is 0 Å². The number of piperidine rings is 1. The van der Waals surface area contributed by atoms with Gasteiger partial charge < -0.3 is 10.1 Å². The standard InChI is InChI=1S/C14H28N2O/c1-3-14-10-12(7-9-17-14)16-8-5-4-6-13(16)11-15-2/h12-15H,3-11H2,1-2H3. The summed E-state index contributed by atoms with van der Waals surface area (Å²) in [6.45, 7) is 5.65. The first-order chi connectivity index (χ1) is 8.35. The molecule has 3 nitrogen and oxygen atoms in total. The topological polar surface area (TPSA) is 24.5 Å². The Hall–Kier alpha value is -0.120. The van der Waals surface area contributed by atoms with E-state index in [1.54, 1.807) is 0 Å². The summed E-state index contributed by atoms with van der Waals surface area (Å²) in [7, 11) is 2.08. The average Bonchev–Trinajstić information content (AvgIpc) is 2.40. The van der Waals surface area contributed by atoms with E-state index >= 15 is 0 Å². The molecule has 1 N–H and O–H groups in total. The molecule has 17 heavy (non-hydrogen) atoms. The molecule has 0 spiro atoms. The van der Waals surface area contributed by atoms with E-state index in [0.717, 1.165) is 25.2 Å². The molecular weight excluding hydrogens is 212 g/mol. The number of hydrogen-bond acceptors (Lipinski definition) is 3. The third kappa shape index (κ3) is 3.43. The number of ether oxygens (including phenoxy) is 1. The lowest BCUT2D eigenvalue weighted by Crippen LogP contribution is -2.52. The summed E-state index contributed by atoms with van der Waals surface area (Å²) in [5.74, 6) is 0. The first-order valence-electron chi connectivity index (χ1n) is 7.37. The molecule has 2 aliphatic heterocycles. The molecule has 2 heterocycles. The van der Waals surface area contributed by atoms with Crippen LogP contribution in [0.5, 0.6) is 0 Å². The molecule has 0 aliphatic carbocycles. The lowest BCUT2D eigenvalue weighted by molar-refractivity contribution is -0.0438. The summed E-state index contributed by atoms with van der Waals surface area (Å²) in [5.41, 5.74) is 0. The summed E-state index contributed by atoms with van der Waals surface area (Å²) < 4.78 is 5.80. The zero-order valence-electron chi connectivity index (χ0n) is 11.5. The van der Waals surface area contributed by atoms with E-state index in [2.05, 4.69) is 24.2 Å². The summed E-state index contributed by atoms with van der Waals surface area (Å²) in [4.78, 5) is 2.77. The fraction of sp³-hybridized carbons (Fsp3) is 1.00. The molecule has 100 valence electrons. The average molecular weight is 240 g/mol. The molecule has 0 aromatic rings. The summed E-state index contributed by atoms with van der Waals surface area (Å²) in [6, 6.07) is 1.53. The van der Waals surface area contributed by atoms with Gasteiger partial charge in [0.25, 0.3) is 0 Å². The van der Waals surface area contributed by atoms with Gasteiger partial charge in [-0.05, 0) is 45.7 Å². The Morgan fingerprint density at radius 2 is 2.18 bits per heavy atom. The molecule has 3 heteroatoms. The molecule has 2 fully saturated rings. The van der Waals surface area contributed by atoms with Crippen molar-refractivity contribution in [3.63, 3.8) is 0 Å². The van der Waals surface area contributed by atoms with Crippen LogP contribution in [0, 0.1) is 0 Å². The zero-order valence-corrected chi connectivity index (χ0v) is 11.5. The normalized spacial score (nSPS) is 36.0. The fourth-order valence-corrected chi connectivity index (χ4v) is 3.40. The van der Waals surface area contributed by atoms with Crippen LogP contribution in [0.2, 0.25) is 0 Å². The monoisotopic (exact) mass is 240 g/mol. The van der Waals surface area contributed by atoms with Crippen LogP contribution >= 0.6 is 0 Å². The lowest BCUT2D eigenvalue weighted by atomic mass is 9.93. The van der Waals surface area contributed by atoms with Gasteiger partial charge in [-0.2, -0.15) is 0 Å². The van der Waals surface area contributed by atoms with Crippen LogP contribution in [-0.2, 0) is 4.74 Å². The first kappa shape index (κ1) is 13.3. The Kier molecular flexibility index (Phi) is 5.26. The Balaban J connectivity index is 1.92. The highest BCUT2D eigenvalue weighted by Gasteiger charge is 2.31. The van der Waals surface area contributed by atoms with E-state index in [1.807, 2.05) is 0 Å². The summed E-state index contributed by atoms with van der Waals surface area (Å²) in [6.07, 6.45) is 8.31. The summed E-state index contributed by atoms with van der Waals surface area (Å²) >= 11 is 0. The molecule has 0 bridgehead atoms. The van der Waals surface area contributed by atoms with Gasteiger partial charge in [-0.15, -0.1) is 0 Å². The van der Waals surface area contributed by atoms with Gasteiger partial charge in [0.2, 0.25) is 0 Å². The first-order valence-corrected chi connectivity index (χ1v) is 7.37. The SMILES string of the molecule is CCC1CC(N2CCCCC2CNC)CCO1. The number of likely N-dealkylation sites (N-methyl/N-ethyl adjacent to an activating group) is 1. The minimum absolute atomic E-state index is 0.505. The summed E-state index contributed by atoms with van der Waals surface area (Å²) in [5, 5.41) is 3.36. The maximum absolute atomic E-state index is 5.80. The molecule has 0 saturated carbocycles. The second kappa shape index (κ2) is 6.72. The number of likely N-dealkylation sites (tertiary alicyclic amines) is 1. The largest absolute Gasteiger partial charge is 0.378 e. The van der Waals surface area contributed by atoms with E-state index in [4.69, 9.17) is 4.74 Å². The molecule has 0 aromatic heterocycles. The van der Waals surface area contributed by atoms with Gasteiger partial charge in [0.1, 0.15) is 0 Å². The molecule has 3 unspecified atom stereocenters. The Labute approximate surface area is 106 Å². The number of nitrogens with zero attached hydrogens (tertiary/aromatic N) is 1. The Bertz CT molecular complexity index is 220. The van der Waals surface area contributed by atoms with Crippen molar-refractivity contribution in [1.82, 2.24) is 10.2 Å².